The molecule has 0 aromatic carbocycles. The standard InChI is InChI=1S/C8H15N3O5S/c1-2-16-8(13)10-17(14,15)11-5-3-7(12)9-4-6-11/h2-6H2,1H3,(H,9,12)(H,10,13). The number of hydrogen-bond donors (Lipinski definition) is 2. The molecule has 98 valence electrons. The van der Waals surface area contributed by atoms with Crippen molar-refractivity contribution in [1.82, 2.24) is 14.3 Å². The molecule has 17 heavy (non-hydrogen) atoms. The lowest BCUT2D eigenvalue weighted by molar-refractivity contribution is -0.120. The highest BCUT2D eigenvalue weighted by Gasteiger charge is 2.26. The van der Waals surface area contributed by atoms with Crippen LogP contribution in [0.3, 0.4) is 0 Å². The second-order valence-electron chi connectivity index (χ2n) is 3.33. The van der Waals surface area contributed by atoms with E-state index in [0.717, 1.165) is 4.31 Å². The predicted octanol–water partition coefficient (Wildman–Crippen LogP) is -1.20. The molecule has 1 saturated heterocycles. The summed E-state index contributed by atoms with van der Waals surface area (Å²) in [6.07, 6.45) is -0.944. The van der Waals surface area contributed by atoms with Crippen molar-refractivity contribution in [2.45, 2.75) is 13.3 Å². The van der Waals surface area contributed by atoms with Crippen LogP contribution in [-0.2, 0) is 19.7 Å². The van der Waals surface area contributed by atoms with E-state index in [0.29, 0.717) is 0 Å². The predicted molar refractivity (Wildman–Crippen MR) is 58.3 cm³/mol. The van der Waals surface area contributed by atoms with E-state index in [9.17, 15) is 18.0 Å². The largest absolute Gasteiger partial charge is 0.449 e. The second-order valence-corrected chi connectivity index (χ2v) is 5.00. The normalized spacial score (nSPS) is 18.1. The number of carbonyl (C=O) groups is 2. The van der Waals surface area contributed by atoms with Crippen molar-refractivity contribution < 1.29 is 22.7 Å². The van der Waals surface area contributed by atoms with Crippen LogP contribution >= 0.6 is 0 Å². The Morgan fingerprint density at radius 1 is 1.53 bits per heavy atom. The first-order valence-corrected chi connectivity index (χ1v) is 6.61. The van der Waals surface area contributed by atoms with Crippen LogP contribution in [0.2, 0.25) is 0 Å². The Bertz CT molecular complexity index is 394. The van der Waals surface area contributed by atoms with Crippen LogP contribution in [0.15, 0.2) is 0 Å². The third kappa shape index (κ3) is 4.19. The fraction of sp³-hybridized carbons (Fsp3) is 0.750. The molecule has 1 heterocycles. The first-order valence-electron chi connectivity index (χ1n) is 5.17. The highest BCUT2D eigenvalue weighted by Crippen LogP contribution is 2.02. The third-order valence-electron chi connectivity index (χ3n) is 2.10. The average Bonchev–Trinajstić information content (AvgIpc) is 2.42. The van der Waals surface area contributed by atoms with Gasteiger partial charge in [0.15, 0.2) is 0 Å². The van der Waals surface area contributed by atoms with E-state index >= 15 is 0 Å². The van der Waals surface area contributed by atoms with E-state index in [-0.39, 0.29) is 38.6 Å². The monoisotopic (exact) mass is 265 g/mol. The van der Waals surface area contributed by atoms with Crippen LogP contribution in [0, 0.1) is 0 Å². The SMILES string of the molecule is CCOC(=O)NS(=O)(=O)N1CCNC(=O)CC1. The van der Waals surface area contributed by atoms with Crippen LogP contribution in [-0.4, -0.2) is 51.0 Å². The van der Waals surface area contributed by atoms with E-state index in [1.54, 1.807) is 11.6 Å². The highest BCUT2D eigenvalue weighted by atomic mass is 32.2. The van der Waals surface area contributed by atoms with E-state index in [1.165, 1.54) is 0 Å². The molecular formula is C8H15N3O5S. The number of nitrogens with one attached hydrogen (secondary N) is 2. The van der Waals surface area contributed by atoms with E-state index in [1.807, 2.05) is 0 Å². The molecule has 2 N–H and O–H groups in total. The van der Waals surface area contributed by atoms with Crippen molar-refractivity contribution in [2.24, 2.45) is 0 Å². The minimum atomic E-state index is -3.93. The molecule has 0 atom stereocenters. The van der Waals surface area contributed by atoms with E-state index in [2.05, 4.69) is 10.1 Å². The molecule has 8 nitrogen and oxygen atoms in total. The van der Waals surface area contributed by atoms with Gasteiger partial charge in [0.2, 0.25) is 5.91 Å². The lowest BCUT2D eigenvalue weighted by Crippen LogP contribution is -2.45. The lowest BCUT2D eigenvalue weighted by Gasteiger charge is -2.18. The molecule has 0 aromatic heterocycles. The van der Waals surface area contributed by atoms with Crippen LogP contribution in [0.5, 0.6) is 0 Å². The summed E-state index contributed by atoms with van der Waals surface area (Å²) in [7, 11) is -3.93. The van der Waals surface area contributed by atoms with Crippen molar-refractivity contribution in [3.8, 4) is 0 Å². The van der Waals surface area contributed by atoms with Crippen molar-refractivity contribution in [2.75, 3.05) is 26.2 Å². The van der Waals surface area contributed by atoms with E-state index in [4.69, 9.17) is 0 Å². The van der Waals surface area contributed by atoms with Crippen LogP contribution in [0.4, 0.5) is 4.79 Å². The Morgan fingerprint density at radius 3 is 2.88 bits per heavy atom. The number of amides is 2. The quantitative estimate of drug-likeness (QED) is 0.667. The summed E-state index contributed by atoms with van der Waals surface area (Å²) >= 11 is 0. The molecule has 0 radical (unpaired) electrons. The van der Waals surface area contributed by atoms with Gasteiger partial charge in [0.05, 0.1) is 6.61 Å². The maximum absolute atomic E-state index is 11.7. The number of carbonyl (C=O) groups excluding carboxylic acids is 2. The van der Waals surface area contributed by atoms with Gasteiger partial charge in [-0.1, -0.05) is 0 Å². The first-order chi connectivity index (χ1) is 7.95. The van der Waals surface area contributed by atoms with Gasteiger partial charge in [-0.05, 0) is 6.92 Å². The maximum Gasteiger partial charge on any atom is 0.421 e. The molecule has 9 heteroatoms. The van der Waals surface area contributed by atoms with Crippen molar-refractivity contribution >= 4 is 22.2 Å². The molecular weight excluding hydrogens is 250 g/mol. The first kappa shape index (κ1) is 13.7. The van der Waals surface area contributed by atoms with E-state index < -0.39 is 16.3 Å². The molecule has 0 aromatic rings. The zero-order valence-electron chi connectivity index (χ0n) is 9.43. The molecule has 2 amide bonds. The molecule has 0 bridgehead atoms. The fourth-order valence-electron chi connectivity index (χ4n) is 1.32. The Hall–Kier alpha value is -1.35. The third-order valence-corrected chi connectivity index (χ3v) is 3.57. The summed E-state index contributed by atoms with van der Waals surface area (Å²) < 4.78 is 30.7. The molecule has 1 fully saturated rings. The zero-order valence-corrected chi connectivity index (χ0v) is 10.2. The van der Waals surface area contributed by atoms with Crippen molar-refractivity contribution in [3.63, 3.8) is 0 Å². The average molecular weight is 265 g/mol. The Morgan fingerprint density at radius 2 is 2.24 bits per heavy atom. The van der Waals surface area contributed by atoms with Crippen LogP contribution in [0.1, 0.15) is 13.3 Å². The van der Waals surface area contributed by atoms with Gasteiger partial charge < -0.3 is 10.1 Å². The summed E-state index contributed by atoms with van der Waals surface area (Å²) in [5.41, 5.74) is 0. The van der Waals surface area contributed by atoms with Gasteiger partial charge in [-0.25, -0.2) is 9.52 Å². The molecule has 0 saturated carbocycles. The van der Waals surface area contributed by atoms with Crippen molar-refractivity contribution in [3.05, 3.63) is 0 Å². The smallest absolute Gasteiger partial charge is 0.421 e. The summed E-state index contributed by atoms with van der Waals surface area (Å²) in [6, 6.07) is 0. The van der Waals surface area contributed by atoms with Crippen molar-refractivity contribution in [1.29, 1.82) is 0 Å². The number of hydrogen-bond acceptors (Lipinski definition) is 5. The summed E-state index contributed by atoms with van der Waals surface area (Å²) in [5.74, 6) is -0.209. The molecule has 1 rings (SSSR count). The molecule has 0 spiro atoms. The highest BCUT2D eigenvalue weighted by molar-refractivity contribution is 7.87. The maximum atomic E-state index is 11.7. The Balaban J connectivity index is 2.63. The zero-order chi connectivity index (χ0) is 12.9. The van der Waals surface area contributed by atoms with Gasteiger partial charge in [-0.3, -0.25) is 4.79 Å². The van der Waals surface area contributed by atoms with Gasteiger partial charge >= 0.3 is 16.3 Å². The molecule has 1 aliphatic heterocycles. The van der Waals surface area contributed by atoms with Gasteiger partial charge in [0, 0.05) is 26.1 Å². The van der Waals surface area contributed by atoms with Crippen LogP contribution in [0.25, 0.3) is 0 Å². The molecule has 0 unspecified atom stereocenters. The summed E-state index contributed by atoms with van der Waals surface area (Å²) in [6.45, 7) is 2.05. The Labute approximate surface area is 99.5 Å². The van der Waals surface area contributed by atoms with Gasteiger partial charge in [0.1, 0.15) is 0 Å². The minimum absolute atomic E-state index is 0.0422. The van der Waals surface area contributed by atoms with Gasteiger partial charge in [-0.2, -0.15) is 12.7 Å². The minimum Gasteiger partial charge on any atom is -0.449 e. The lowest BCUT2D eigenvalue weighted by atomic mass is 10.4. The summed E-state index contributed by atoms with van der Waals surface area (Å²) in [4.78, 5) is 22.1. The molecule has 1 aliphatic rings. The number of nitrogens with zero attached hydrogens (tertiary/aromatic N) is 1. The fourth-order valence-corrected chi connectivity index (χ4v) is 2.38. The topological polar surface area (TPSA) is 105 Å². The summed E-state index contributed by atoms with van der Waals surface area (Å²) in [5, 5.41) is 2.54. The number of ether oxygens (including phenoxy) is 1. The number of rotatable bonds is 3. The van der Waals surface area contributed by atoms with Crippen LogP contribution < -0.4 is 10.0 Å². The second kappa shape index (κ2) is 5.82. The van der Waals surface area contributed by atoms with Gasteiger partial charge in [-0.15, -0.1) is 0 Å². The Kier molecular flexibility index (Phi) is 4.70. The molecule has 0 aliphatic carbocycles. The van der Waals surface area contributed by atoms with Gasteiger partial charge in [0.25, 0.3) is 0 Å².